The molecule has 3 aromatic rings. The zero-order valence-corrected chi connectivity index (χ0v) is 12.5. The number of aromatic nitrogens is 2. The van der Waals surface area contributed by atoms with Crippen LogP contribution in [-0.2, 0) is 6.18 Å². The maximum absolute atomic E-state index is 12.9. The average Bonchev–Trinajstić information content (AvgIpc) is 2.59. The standard InChI is InChI=1S/C17H10F3N3O2/c18-17(19,20)10-6-7-11-12(8-10)22-16(15(21)25)23-13(11)14(24)9-4-2-1-3-5-9/h1-8H,(H2,21,25). The van der Waals surface area contributed by atoms with Crippen LogP contribution >= 0.6 is 0 Å². The van der Waals surface area contributed by atoms with Gasteiger partial charge in [0.05, 0.1) is 11.1 Å². The van der Waals surface area contributed by atoms with Crippen LogP contribution in [0.1, 0.15) is 32.2 Å². The van der Waals surface area contributed by atoms with Crippen molar-refractivity contribution in [2.24, 2.45) is 5.73 Å². The predicted molar refractivity (Wildman–Crippen MR) is 82.9 cm³/mol. The molecule has 0 aliphatic rings. The van der Waals surface area contributed by atoms with Crippen LogP contribution in [0.2, 0.25) is 0 Å². The SMILES string of the molecule is NC(=O)c1nc(C(=O)c2ccccc2)c2ccc(C(F)(F)F)cc2n1. The number of hydrogen-bond acceptors (Lipinski definition) is 4. The molecule has 25 heavy (non-hydrogen) atoms. The van der Waals surface area contributed by atoms with Crippen molar-refractivity contribution in [1.29, 1.82) is 0 Å². The Balaban J connectivity index is 2.27. The summed E-state index contributed by atoms with van der Waals surface area (Å²) < 4.78 is 38.7. The number of carbonyl (C=O) groups is 2. The number of nitrogens with zero attached hydrogens (tertiary/aromatic N) is 2. The number of amides is 1. The second-order valence-corrected chi connectivity index (χ2v) is 5.18. The second-order valence-electron chi connectivity index (χ2n) is 5.18. The number of hydrogen-bond donors (Lipinski definition) is 1. The van der Waals surface area contributed by atoms with Gasteiger partial charge in [0.25, 0.3) is 5.91 Å². The van der Waals surface area contributed by atoms with Crippen molar-refractivity contribution in [2.75, 3.05) is 0 Å². The maximum Gasteiger partial charge on any atom is 0.416 e. The summed E-state index contributed by atoms with van der Waals surface area (Å²) in [4.78, 5) is 31.7. The summed E-state index contributed by atoms with van der Waals surface area (Å²) in [5.74, 6) is -2.11. The Labute approximate surface area is 139 Å². The van der Waals surface area contributed by atoms with Gasteiger partial charge in [0, 0.05) is 10.9 Å². The molecule has 0 atom stereocenters. The van der Waals surface area contributed by atoms with Crippen LogP contribution in [0.15, 0.2) is 48.5 Å². The van der Waals surface area contributed by atoms with E-state index < -0.39 is 29.3 Å². The van der Waals surface area contributed by atoms with Crippen LogP contribution in [0.25, 0.3) is 10.9 Å². The monoisotopic (exact) mass is 345 g/mol. The Bertz CT molecular complexity index is 986. The number of fused-ring (bicyclic) bond motifs is 1. The summed E-state index contributed by atoms with van der Waals surface area (Å²) in [5, 5.41) is 0.104. The smallest absolute Gasteiger partial charge is 0.363 e. The van der Waals surface area contributed by atoms with E-state index in [0.29, 0.717) is 0 Å². The van der Waals surface area contributed by atoms with Crippen molar-refractivity contribution in [3.63, 3.8) is 0 Å². The third-order valence-electron chi connectivity index (χ3n) is 3.50. The van der Waals surface area contributed by atoms with Gasteiger partial charge in [-0.3, -0.25) is 9.59 Å². The fraction of sp³-hybridized carbons (Fsp3) is 0.0588. The molecule has 0 unspecified atom stereocenters. The molecule has 0 aliphatic carbocycles. The Morgan fingerprint density at radius 3 is 2.24 bits per heavy atom. The fourth-order valence-corrected chi connectivity index (χ4v) is 2.32. The highest BCUT2D eigenvalue weighted by atomic mass is 19.4. The molecule has 5 nitrogen and oxygen atoms in total. The van der Waals surface area contributed by atoms with Crippen molar-refractivity contribution in [1.82, 2.24) is 9.97 Å². The molecule has 3 rings (SSSR count). The quantitative estimate of drug-likeness (QED) is 0.740. The van der Waals surface area contributed by atoms with Gasteiger partial charge in [0.1, 0.15) is 5.69 Å². The lowest BCUT2D eigenvalue weighted by molar-refractivity contribution is -0.137. The molecule has 2 aromatic carbocycles. The minimum absolute atomic E-state index is 0.104. The molecule has 1 aromatic heterocycles. The van der Waals surface area contributed by atoms with E-state index in [9.17, 15) is 22.8 Å². The molecule has 1 amide bonds. The van der Waals surface area contributed by atoms with Crippen molar-refractivity contribution < 1.29 is 22.8 Å². The summed E-state index contributed by atoms with van der Waals surface area (Å²) >= 11 is 0. The lowest BCUT2D eigenvalue weighted by Crippen LogP contribution is -2.18. The first-order valence-corrected chi connectivity index (χ1v) is 7.06. The van der Waals surface area contributed by atoms with Gasteiger partial charge >= 0.3 is 6.18 Å². The molecule has 8 heteroatoms. The van der Waals surface area contributed by atoms with Crippen LogP contribution in [0.5, 0.6) is 0 Å². The van der Waals surface area contributed by atoms with Crippen LogP contribution in [0.4, 0.5) is 13.2 Å². The molecule has 2 N–H and O–H groups in total. The number of primary amides is 1. The topological polar surface area (TPSA) is 85.9 Å². The van der Waals surface area contributed by atoms with Gasteiger partial charge in [-0.15, -0.1) is 0 Å². The summed E-state index contributed by atoms with van der Waals surface area (Å²) in [5.41, 5.74) is 4.10. The second kappa shape index (κ2) is 5.97. The molecular formula is C17H10F3N3O2. The van der Waals surface area contributed by atoms with E-state index in [0.717, 1.165) is 18.2 Å². The van der Waals surface area contributed by atoms with Crippen LogP contribution in [0, 0.1) is 0 Å². The molecule has 0 radical (unpaired) electrons. The zero-order valence-electron chi connectivity index (χ0n) is 12.5. The Morgan fingerprint density at radius 2 is 1.64 bits per heavy atom. The van der Waals surface area contributed by atoms with Crippen molar-refractivity contribution in [3.05, 3.63) is 71.2 Å². The summed E-state index contributed by atoms with van der Waals surface area (Å²) in [7, 11) is 0. The third kappa shape index (κ3) is 3.18. The number of carbonyl (C=O) groups excluding carboxylic acids is 2. The van der Waals surface area contributed by atoms with Gasteiger partial charge in [0.15, 0.2) is 0 Å². The van der Waals surface area contributed by atoms with E-state index >= 15 is 0 Å². The van der Waals surface area contributed by atoms with Crippen LogP contribution in [-0.4, -0.2) is 21.7 Å². The van der Waals surface area contributed by atoms with E-state index in [-0.39, 0.29) is 22.2 Å². The Kier molecular flexibility index (Phi) is 3.96. The average molecular weight is 345 g/mol. The largest absolute Gasteiger partial charge is 0.416 e. The van der Waals surface area contributed by atoms with Crippen LogP contribution in [0.3, 0.4) is 0 Å². The number of halogens is 3. The first-order valence-electron chi connectivity index (χ1n) is 7.06. The molecule has 0 fully saturated rings. The molecule has 0 bridgehead atoms. The minimum atomic E-state index is -4.59. The normalized spacial score (nSPS) is 11.5. The molecule has 0 spiro atoms. The third-order valence-corrected chi connectivity index (χ3v) is 3.50. The number of alkyl halides is 3. The van der Waals surface area contributed by atoms with Crippen molar-refractivity contribution in [2.45, 2.75) is 6.18 Å². The van der Waals surface area contributed by atoms with E-state index in [4.69, 9.17) is 5.73 Å². The van der Waals surface area contributed by atoms with Crippen molar-refractivity contribution in [3.8, 4) is 0 Å². The number of ketones is 1. The first-order chi connectivity index (χ1) is 11.8. The maximum atomic E-state index is 12.9. The van der Waals surface area contributed by atoms with E-state index in [1.807, 2.05) is 0 Å². The highest BCUT2D eigenvalue weighted by Crippen LogP contribution is 2.31. The molecule has 126 valence electrons. The lowest BCUT2D eigenvalue weighted by Gasteiger charge is -2.10. The molecule has 1 heterocycles. The lowest BCUT2D eigenvalue weighted by atomic mass is 10.0. The summed E-state index contributed by atoms with van der Waals surface area (Å²) in [6.07, 6.45) is -4.59. The zero-order chi connectivity index (χ0) is 18.2. The van der Waals surface area contributed by atoms with E-state index in [2.05, 4.69) is 9.97 Å². The minimum Gasteiger partial charge on any atom is -0.363 e. The van der Waals surface area contributed by atoms with Crippen molar-refractivity contribution >= 4 is 22.6 Å². The van der Waals surface area contributed by atoms with Gasteiger partial charge in [-0.2, -0.15) is 13.2 Å². The Hall–Kier alpha value is -3.29. The number of benzene rings is 2. The predicted octanol–water partition coefficient (Wildman–Crippen LogP) is 2.98. The first kappa shape index (κ1) is 16.6. The fourth-order valence-electron chi connectivity index (χ4n) is 2.32. The number of nitrogens with two attached hydrogens (primary N) is 1. The van der Waals surface area contributed by atoms with Gasteiger partial charge in [-0.25, -0.2) is 9.97 Å². The summed E-state index contributed by atoms with van der Waals surface area (Å²) in [6.45, 7) is 0. The number of rotatable bonds is 3. The molecular weight excluding hydrogens is 335 g/mol. The van der Waals surface area contributed by atoms with Gasteiger partial charge in [0.2, 0.25) is 11.6 Å². The van der Waals surface area contributed by atoms with E-state index in [1.165, 1.54) is 12.1 Å². The molecule has 0 aliphatic heterocycles. The van der Waals surface area contributed by atoms with Gasteiger partial charge < -0.3 is 5.73 Å². The summed E-state index contributed by atoms with van der Waals surface area (Å²) in [6, 6.07) is 10.7. The Morgan fingerprint density at radius 1 is 0.960 bits per heavy atom. The van der Waals surface area contributed by atoms with Gasteiger partial charge in [-0.1, -0.05) is 30.3 Å². The highest BCUT2D eigenvalue weighted by molar-refractivity contribution is 6.15. The van der Waals surface area contributed by atoms with Crippen LogP contribution < -0.4 is 5.73 Å². The molecule has 0 saturated carbocycles. The highest BCUT2D eigenvalue weighted by Gasteiger charge is 2.31. The molecule has 0 saturated heterocycles. The van der Waals surface area contributed by atoms with E-state index in [1.54, 1.807) is 18.2 Å². The van der Waals surface area contributed by atoms with Gasteiger partial charge in [-0.05, 0) is 18.2 Å².